The number of halogens is 3. The largest absolute Gasteiger partial charge is 0.435 e. The van der Waals surface area contributed by atoms with Crippen LogP contribution in [0.1, 0.15) is 36.3 Å². The van der Waals surface area contributed by atoms with Crippen LogP contribution in [0.3, 0.4) is 0 Å². The minimum Gasteiger partial charge on any atom is -0.367 e. The summed E-state index contributed by atoms with van der Waals surface area (Å²) in [4.78, 5) is 31.0. The third-order valence-corrected chi connectivity index (χ3v) is 5.72. The molecule has 2 aliphatic rings. The minimum atomic E-state index is -4.86. The lowest BCUT2D eigenvalue weighted by molar-refractivity contribution is -0.142. The van der Waals surface area contributed by atoms with Crippen LogP contribution in [-0.4, -0.2) is 56.7 Å². The number of allylic oxidation sites excluding steroid dienone is 1. The zero-order valence-corrected chi connectivity index (χ0v) is 17.9. The Bertz CT molecular complexity index is 1180. The average molecular weight is 459 g/mol. The zero-order chi connectivity index (χ0) is 24.0. The molecule has 0 aromatic carbocycles. The van der Waals surface area contributed by atoms with Gasteiger partial charge in [-0.2, -0.15) is 23.5 Å². The number of carbonyl (C=O) groups is 2. The number of nitrogens with zero attached hydrogens (tertiary/aromatic N) is 5. The number of alkyl halides is 3. The van der Waals surface area contributed by atoms with E-state index in [9.17, 15) is 28.0 Å². The second-order valence-corrected chi connectivity index (χ2v) is 8.72. The van der Waals surface area contributed by atoms with E-state index in [0.29, 0.717) is 0 Å². The molecule has 11 heteroatoms. The number of Topliss-reactive ketones (excluding diaryl/α,β-unsaturated/α-hetero) is 1. The van der Waals surface area contributed by atoms with Gasteiger partial charge in [-0.05, 0) is 24.6 Å². The van der Waals surface area contributed by atoms with Crippen LogP contribution >= 0.6 is 0 Å². The molecule has 8 nitrogen and oxygen atoms in total. The van der Waals surface area contributed by atoms with Gasteiger partial charge in [-0.25, -0.2) is 9.67 Å². The Kier molecular flexibility index (Phi) is 5.36. The first-order valence-corrected chi connectivity index (χ1v) is 10.2. The second-order valence-electron chi connectivity index (χ2n) is 8.72. The fourth-order valence-electron chi connectivity index (χ4n) is 4.35. The second kappa shape index (κ2) is 7.81. The van der Waals surface area contributed by atoms with Crippen LogP contribution in [0.25, 0.3) is 5.82 Å². The number of ether oxygens (including phenoxy) is 1. The number of morpholine rings is 1. The molecule has 1 saturated heterocycles. The molecular weight excluding hydrogens is 439 g/mol. The molecular formula is C22H20F3N5O3. The van der Waals surface area contributed by atoms with Gasteiger partial charge in [0.1, 0.15) is 11.7 Å². The Morgan fingerprint density at radius 1 is 1.30 bits per heavy atom. The summed E-state index contributed by atoms with van der Waals surface area (Å²) in [6.45, 7) is 3.34. The van der Waals surface area contributed by atoms with Crippen LogP contribution in [0.2, 0.25) is 0 Å². The molecule has 1 aliphatic heterocycles. The lowest BCUT2D eigenvalue weighted by Crippen LogP contribution is -2.57. The van der Waals surface area contributed by atoms with Crippen molar-refractivity contribution >= 4 is 11.7 Å². The first-order valence-electron chi connectivity index (χ1n) is 10.2. The lowest BCUT2D eigenvalue weighted by Gasteiger charge is -2.46. The van der Waals surface area contributed by atoms with Gasteiger partial charge in [-0.1, -0.05) is 19.9 Å². The molecule has 1 unspecified atom stereocenters. The van der Waals surface area contributed by atoms with Gasteiger partial charge in [0.25, 0.3) is 5.91 Å². The molecule has 1 spiro atoms. The highest BCUT2D eigenvalue weighted by molar-refractivity contribution is 6.04. The van der Waals surface area contributed by atoms with E-state index in [0.717, 1.165) is 10.9 Å². The number of rotatable bonds is 2. The van der Waals surface area contributed by atoms with Crippen molar-refractivity contribution in [1.29, 1.82) is 5.26 Å². The highest BCUT2D eigenvalue weighted by Crippen LogP contribution is 2.41. The third-order valence-electron chi connectivity index (χ3n) is 5.72. The normalized spacial score (nSPS) is 22.7. The Balaban J connectivity index is 1.70. The highest BCUT2D eigenvalue weighted by atomic mass is 19.4. The summed E-state index contributed by atoms with van der Waals surface area (Å²) >= 11 is 0. The fourth-order valence-corrected chi connectivity index (χ4v) is 4.35. The number of hydrogen-bond donors (Lipinski definition) is 0. The SMILES string of the molecule is CC1(C)CC2(C=C(C#N)C1=O)CN(C(=O)c1cn(-c3ccccn3)nc1C(F)(F)F)CCO2. The van der Waals surface area contributed by atoms with Gasteiger partial charge >= 0.3 is 6.18 Å². The summed E-state index contributed by atoms with van der Waals surface area (Å²) in [5, 5.41) is 13.0. The monoisotopic (exact) mass is 459 g/mol. The van der Waals surface area contributed by atoms with E-state index in [2.05, 4.69) is 10.1 Å². The van der Waals surface area contributed by atoms with E-state index >= 15 is 0 Å². The lowest BCUT2D eigenvalue weighted by atomic mass is 9.69. The van der Waals surface area contributed by atoms with E-state index in [1.54, 1.807) is 26.0 Å². The molecule has 4 rings (SSSR count). The maximum Gasteiger partial charge on any atom is 0.435 e. The van der Waals surface area contributed by atoms with Gasteiger partial charge in [-0.3, -0.25) is 9.59 Å². The van der Waals surface area contributed by atoms with Gasteiger partial charge in [0, 0.05) is 24.4 Å². The number of carbonyl (C=O) groups excluding carboxylic acids is 2. The van der Waals surface area contributed by atoms with E-state index in [1.807, 2.05) is 6.07 Å². The molecule has 33 heavy (non-hydrogen) atoms. The Hall–Kier alpha value is -3.52. The number of amides is 1. The Morgan fingerprint density at radius 3 is 2.70 bits per heavy atom. The first-order chi connectivity index (χ1) is 15.5. The van der Waals surface area contributed by atoms with Crippen LogP contribution in [-0.2, 0) is 15.7 Å². The third kappa shape index (κ3) is 4.14. The summed E-state index contributed by atoms with van der Waals surface area (Å²) in [6.07, 6.45) is -0.861. The molecule has 0 saturated carbocycles. The van der Waals surface area contributed by atoms with Gasteiger partial charge in [0.2, 0.25) is 0 Å². The van der Waals surface area contributed by atoms with Crippen molar-refractivity contribution in [3.05, 3.63) is 53.5 Å². The molecule has 0 radical (unpaired) electrons. The molecule has 1 amide bonds. The van der Waals surface area contributed by atoms with E-state index in [-0.39, 0.29) is 43.3 Å². The van der Waals surface area contributed by atoms with Crippen molar-refractivity contribution < 1.29 is 27.5 Å². The molecule has 1 fully saturated rings. The molecule has 2 aromatic heterocycles. The number of hydrogen-bond acceptors (Lipinski definition) is 6. The number of ketones is 1. The number of nitriles is 1. The van der Waals surface area contributed by atoms with Crippen molar-refractivity contribution in [3.8, 4) is 11.9 Å². The van der Waals surface area contributed by atoms with Crippen molar-refractivity contribution in [2.75, 3.05) is 19.7 Å². The summed E-state index contributed by atoms with van der Waals surface area (Å²) in [7, 11) is 0. The van der Waals surface area contributed by atoms with E-state index in [4.69, 9.17) is 4.74 Å². The van der Waals surface area contributed by atoms with Gasteiger partial charge in [-0.15, -0.1) is 0 Å². The first kappa shape index (κ1) is 22.7. The van der Waals surface area contributed by atoms with Gasteiger partial charge < -0.3 is 9.64 Å². The molecule has 2 aromatic rings. The topological polar surface area (TPSA) is 101 Å². The summed E-state index contributed by atoms with van der Waals surface area (Å²) in [5.41, 5.74) is -4.08. The molecule has 172 valence electrons. The molecule has 1 aliphatic carbocycles. The summed E-state index contributed by atoms with van der Waals surface area (Å²) < 4.78 is 48.0. The zero-order valence-electron chi connectivity index (χ0n) is 17.9. The van der Waals surface area contributed by atoms with Crippen LogP contribution in [0.15, 0.2) is 42.2 Å². The van der Waals surface area contributed by atoms with Crippen molar-refractivity contribution in [2.24, 2.45) is 5.41 Å². The average Bonchev–Trinajstić information content (AvgIpc) is 3.22. The minimum absolute atomic E-state index is 0.0426. The number of aromatic nitrogens is 3. The number of pyridine rings is 1. The van der Waals surface area contributed by atoms with E-state index < -0.39 is 34.4 Å². The van der Waals surface area contributed by atoms with Crippen LogP contribution in [0.5, 0.6) is 0 Å². The summed E-state index contributed by atoms with van der Waals surface area (Å²) in [6, 6.07) is 6.54. The fraction of sp³-hybridized carbons (Fsp3) is 0.409. The van der Waals surface area contributed by atoms with Crippen LogP contribution in [0, 0.1) is 16.7 Å². The predicted molar refractivity (Wildman–Crippen MR) is 108 cm³/mol. The Labute approximate surface area is 187 Å². The molecule has 0 N–H and O–H groups in total. The smallest absolute Gasteiger partial charge is 0.367 e. The highest BCUT2D eigenvalue weighted by Gasteiger charge is 2.49. The summed E-state index contributed by atoms with van der Waals surface area (Å²) in [5.74, 6) is -1.07. The predicted octanol–water partition coefficient (Wildman–Crippen LogP) is 2.95. The maximum atomic E-state index is 13.7. The quantitative estimate of drug-likeness (QED) is 0.685. The molecule has 1 atom stereocenters. The van der Waals surface area contributed by atoms with Gasteiger partial charge in [0.15, 0.2) is 17.3 Å². The standard InChI is InChI=1S/C22H20F3N5O3/c1-20(2)12-21(9-14(10-26)18(20)31)13-29(7-8-33-21)19(32)15-11-30(16-5-3-4-6-27-16)28-17(15)22(23,24)25/h3-6,9,11H,7-8,12-13H2,1-2H3. The Morgan fingerprint density at radius 2 is 2.06 bits per heavy atom. The maximum absolute atomic E-state index is 13.7. The van der Waals surface area contributed by atoms with E-state index in [1.165, 1.54) is 23.2 Å². The van der Waals surface area contributed by atoms with Crippen molar-refractivity contribution in [3.63, 3.8) is 0 Å². The molecule has 3 heterocycles. The van der Waals surface area contributed by atoms with Crippen molar-refractivity contribution in [2.45, 2.75) is 32.0 Å². The van der Waals surface area contributed by atoms with Gasteiger partial charge in [0.05, 0.1) is 24.3 Å². The van der Waals surface area contributed by atoms with Crippen LogP contribution in [0.4, 0.5) is 13.2 Å². The molecule has 0 bridgehead atoms. The van der Waals surface area contributed by atoms with Crippen molar-refractivity contribution in [1.82, 2.24) is 19.7 Å². The van der Waals surface area contributed by atoms with Crippen LogP contribution < -0.4 is 0 Å².